The first-order chi connectivity index (χ1) is 10.3. The van der Waals surface area contributed by atoms with Gasteiger partial charge < -0.3 is 4.42 Å². The second-order valence-corrected chi connectivity index (χ2v) is 5.75. The molecule has 4 heteroatoms. The van der Waals surface area contributed by atoms with E-state index in [9.17, 15) is 0 Å². The molecule has 1 radical (unpaired) electrons. The van der Waals surface area contributed by atoms with E-state index in [4.69, 9.17) is 4.42 Å². The zero-order valence-electron chi connectivity index (χ0n) is 11.3. The van der Waals surface area contributed by atoms with E-state index in [-0.39, 0.29) is 0 Å². The van der Waals surface area contributed by atoms with E-state index in [2.05, 4.69) is 28.3 Å². The van der Waals surface area contributed by atoms with E-state index in [0.717, 1.165) is 37.6 Å². The minimum atomic E-state index is 0.738. The molecule has 3 nitrogen and oxygen atoms in total. The van der Waals surface area contributed by atoms with Gasteiger partial charge in [0.25, 0.3) is 0 Å². The number of hydrogen-bond donors (Lipinski definition) is 0. The van der Waals surface area contributed by atoms with Crippen LogP contribution >= 0.6 is 11.3 Å². The van der Waals surface area contributed by atoms with Crippen molar-refractivity contribution < 1.29 is 4.42 Å². The van der Waals surface area contributed by atoms with Crippen LogP contribution in [0.2, 0.25) is 0 Å². The third-order valence-corrected chi connectivity index (χ3v) is 4.46. The molecule has 3 heterocycles. The second kappa shape index (κ2) is 4.82. The average Bonchev–Trinajstić information content (AvgIpc) is 3.14. The van der Waals surface area contributed by atoms with Gasteiger partial charge in [0.1, 0.15) is 16.9 Å². The van der Waals surface area contributed by atoms with Gasteiger partial charge in [-0.1, -0.05) is 30.3 Å². The molecule has 0 aliphatic carbocycles. The van der Waals surface area contributed by atoms with Crippen LogP contribution in [0.3, 0.4) is 0 Å². The number of thiophene rings is 1. The van der Waals surface area contributed by atoms with Gasteiger partial charge in [0.05, 0.1) is 12.5 Å². The molecule has 0 fully saturated rings. The van der Waals surface area contributed by atoms with Crippen molar-refractivity contribution in [1.82, 2.24) is 9.97 Å². The highest BCUT2D eigenvalue weighted by Gasteiger charge is 2.17. The fourth-order valence-corrected chi connectivity index (χ4v) is 3.56. The van der Waals surface area contributed by atoms with Crippen LogP contribution < -0.4 is 0 Å². The van der Waals surface area contributed by atoms with Crippen molar-refractivity contribution in [1.29, 1.82) is 0 Å². The first-order valence-corrected chi connectivity index (χ1v) is 7.41. The average molecular weight is 291 g/mol. The van der Waals surface area contributed by atoms with Crippen molar-refractivity contribution in [3.8, 4) is 21.6 Å². The van der Waals surface area contributed by atoms with Gasteiger partial charge in [0, 0.05) is 21.4 Å². The molecule has 3 aromatic heterocycles. The Kier molecular flexibility index (Phi) is 2.82. The van der Waals surface area contributed by atoms with Crippen molar-refractivity contribution in [2.75, 3.05) is 0 Å². The fourth-order valence-electron chi connectivity index (χ4n) is 2.39. The summed E-state index contributed by atoms with van der Waals surface area (Å²) in [6.45, 7) is 1.88. The van der Waals surface area contributed by atoms with Crippen molar-refractivity contribution in [2.45, 2.75) is 6.92 Å². The summed E-state index contributed by atoms with van der Waals surface area (Å²) < 4.78 is 5.24. The number of aryl methyl sites for hydroxylation is 1. The Morgan fingerprint density at radius 2 is 1.95 bits per heavy atom. The molecule has 0 spiro atoms. The van der Waals surface area contributed by atoms with E-state index >= 15 is 0 Å². The lowest BCUT2D eigenvalue weighted by Gasteiger charge is -2.02. The maximum absolute atomic E-state index is 5.24. The Labute approximate surface area is 125 Å². The third kappa shape index (κ3) is 2.04. The summed E-state index contributed by atoms with van der Waals surface area (Å²) in [5, 5.41) is 0.966. The Balaban J connectivity index is 2.08. The molecule has 101 valence electrons. The van der Waals surface area contributed by atoms with E-state index < -0.39 is 0 Å². The lowest BCUT2D eigenvalue weighted by atomic mass is 10.0. The molecule has 0 aliphatic rings. The number of furan rings is 1. The summed E-state index contributed by atoms with van der Waals surface area (Å²) in [4.78, 5) is 10.9. The number of fused-ring (bicyclic) bond motifs is 1. The Bertz CT molecular complexity index is 895. The van der Waals surface area contributed by atoms with Crippen LogP contribution in [-0.4, -0.2) is 9.97 Å². The number of aromatic nitrogens is 2. The van der Waals surface area contributed by atoms with Gasteiger partial charge in [0.15, 0.2) is 0 Å². The molecule has 0 unspecified atom stereocenters. The zero-order chi connectivity index (χ0) is 14.2. The van der Waals surface area contributed by atoms with Gasteiger partial charge in [-0.15, -0.1) is 11.3 Å². The van der Waals surface area contributed by atoms with Crippen LogP contribution in [0, 0.1) is 13.1 Å². The Hall–Kier alpha value is -2.46. The molecule has 0 saturated heterocycles. The second-order valence-electron chi connectivity index (χ2n) is 4.75. The molecule has 0 atom stereocenters. The van der Waals surface area contributed by atoms with Gasteiger partial charge in [-0.3, -0.25) is 0 Å². The minimum Gasteiger partial charge on any atom is -0.472 e. The molecular formula is C17H11N2OS. The van der Waals surface area contributed by atoms with E-state index in [1.807, 2.05) is 31.2 Å². The first kappa shape index (κ1) is 12.3. The largest absolute Gasteiger partial charge is 0.472 e. The van der Waals surface area contributed by atoms with Gasteiger partial charge in [-0.25, -0.2) is 9.97 Å². The Morgan fingerprint density at radius 3 is 2.71 bits per heavy atom. The highest BCUT2D eigenvalue weighted by molar-refractivity contribution is 7.22. The van der Waals surface area contributed by atoms with Crippen LogP contribution in [0.25, 0.3) is 31.8 Å². The fraction of sp³-hybridized carbons (Fsp3) is 0.0588. The highest BCUT2D eigenvalue weighted by Crippen LogP contribution is 2.43. The standard InChI is InChI=1S/C17H11N2OS/c1-11-18-9-14-15(12-5-3-2-4-6-12)16(21-17(14)19-11)13-7-8-20-10-13/h2-8,10H,1H3. The highest BCUT2D eigenvalue weighted by atomic mass is 32.1. The SMILES string of the molecule is Cc1n[c]c2c(-c3ccccc3)c(-c3ccoc3)sc2n1. The van der Waals surface area contributed by atoms with Gasteiger partial charge in [-0.05, 0) is 18.6 Å². The lowest BCUT2D eigenvalue weighted by Crippen LogP contribution is -1.86. The zero-order valence-corrected chi connectivity index (χ0v) is 12.1. The van der Waals surface area contributed by atoms with Crippen molar-refractivity contribution in [3.05, 3.63) is 60.9 Å². The van der Waals surface area contributed by atoms with Crippen LogP contribution in [0.15, 0.2) is 53.3 Å². The molecule has 0 saturated carbocycles. The predicted molar refractivity (Wildman–Crippen MR) is 84.1 cm³/mol. The van der Waals surface area contributed by atoms with Gasteiger partial charge in [-0.2, -0.15) is 0 Å². The topological polar surface area (TPSA) is 38.9 Å². The maximum Gasteiger partial charge on any atom is 0.128 e. The normalized spacial score (nSPS) is 11.1. The number of rotatable bonds is 2. The maximum atomic E-state index is 5.24. The van der Waals surface area contributed by atoms with Crippen LogP contribution in [0.4, 0.5) is 0 Å². The summed E-state index contributed by atoms with van der Waals surface area (Å²) >= 11 is 1.65. The number of nitrogens with zero attached hydrogens (tertiary/aromatic N) is 2. The molecule has 1 aromatic carbocycles. The smallest absolute Gasteiger partial charge is 0.128 e. The van der Waals surface area contributed by atoms with Crippen LogP contribution in [0.1, 0.15) is 5.82 Å². The molecular weight excluding hydrogens is 280 g/mol. The monoisotopic (exact) mass is 291 g/mol. The van der Waals surface area contributed by atoms with Crippen LogP contribution in [0.5, 0.6) is 0 Å². The summed E-state index contributed by atoms with van der Waals surface area (Å²) in [5.74, 6) is 0.738. The van der Waals surface area contributed by atoms with E-state index in [1.54, 1.807) is 23.9 Å². The number of hydrogen-bond acceptors (Lipinski definition) is 4. The summed E-state index contributed by atoms with van der Waals surface area (Å²) in [7, 11) is 0. The molecule has 0 bridgehead atoms. The van der Waals surface area contributed by atoms with Crippen LogP contribution in [-0.2, 0) is 0 Å². The number of benzene rings is 1. The van der Waals surface area contributed by atoms with Crippen molar-refractivity contribution in [2.24, 2.45) is 0 Å². The summed E-state index contributed by atoms with van der Waals surface area (Å²) in [6.07, 6.45) is 6.59. The molecule has 0 N–H and O–H groups in total. The van der Waals surface area contributed by atoms with Crippen molar-refractivity contribution in [3.63, 3.8) is 0 Å². The third-order valence-electron chi connectivity index (χ3n) is 3.33. The molecule has 21 heavy (non-hydrogen) atoms. The quantitative estimate of drug-likeness (QED) is 0.536. The summed E-state index contributed by atoms with van der Waals surface area (Å²) in [6, 6.07) is 12.2. The lowest BCUT2D eigenvalue weighted by molar-refractivity contribution is 0.568. The molecule has 0 aliphatic heterocycles. The first-order valence-electron chi connectivity index (χ1n) is 6.60. The molecule has 0 amide bonds. The van der Waals surface area contributed by atoms with Gasteiger partial charge >= 0.3 is 0 Å². The molecule has 4 rings (SSSR count). The Morgan fingerprint density at radius 1 is 1.10 bits per heavy atom. The summed E-state index contributed by atoms with van der Waals surface area (Å²) in [5.41, 5.74) is 3.32. The predicted octanol–water partition coefficient (Wildman–Crippen LogP) is 4.73. The molecule has 4 aromatic rings. The van der Waals surface area contributed by atoms with Crippen molar-refractivity contribution >= 4 is 21.6 Å². The minimum absolute atomic E-state index is 0.738. The van der Waals surface area contributed by atoms with E-state index in [0.29, 0.717) is 0 Å². The van der Waals surface area contributed by atoms with Gasteiger partial charge in [0.2, 0.25) is 0 Å². The van der Waals surface area contributed by atoms with E-state index in [1.165, 1.54) is 0 Å².